The second kappa shape index (κ2) is 6.93. The highest BCUT2D eigenvalue weighted by molar-refractivity contribution is 5.81. The Balaban J connectivity index is 2.64. The molecular weight excluding hydrogens is 280 g/mol. The van der Waals surface area contributed by atoms with Crippen LogP contribution in [-0.2, 0) is 15.7 Å². The summed E-state index contributed by atoms with van der Waals surface area (Å²) >= 11 is 0. The molecule has 1 rings (SSSR count). The van der Waals surface area contributed by atoms with Crippen molar-refractivity contribution in [2.24, 2.45) is 0 Å². The van der Waals surface area contributed by atoms with Gasteiger partial charge in [0.2, 0.25) is 0 Å². The molecule has 7 heteroatoms. The number of hydrogen-bond acceptors (Lipinski definition) is 3. The van der Waals surface area contributed by atoms with Crippen LogP contribution in [0.3, 0.4) is 0 Å². The van der Waals surface area contributed by atoms with Crippen molar-refractivity contribution >= 4 is 5.97 Å². The number of rotatable bonds is 5. The van der Waals surface area contributed by atoms with Crippen LogP contribution in [0, 0.1) is 5.82 Å². The first-order valence-corrected chi connectivity index (χ1v) is 5.67. The third-order valence-electron chi connectivity index (χ3n) is 2.13. The second-order valence-electron chi connectivity index (χ2n) is 3.60. The van der Waals surface area contributed by atoms with Gasteiger partial charge in [-0.25, -0.2) is 9.18 Å². The predicted octanol–water partition coefficient (Wildman–Crippen LogP) is 3.34. The molecule has 3 nitrogen and oxygen atoms in total. The van der Waals surface area contributed by atoms with Gasteiger partial charge in [0.05, 0.1) is 12.2 Å². The Kier molecular flexibility index (Phi) is 5.54. The molecule has 0 amide bonds. The third-order valence-corrected chi connectivity index (χ3v) is 2.13. The van der Waals surface area contributed by atoms with Crippen molar-refractivity contribution in [2.45, 2.75) is 13.1 Å². The normalized spacial score (nSPS) is 11.7. The van der Waals surface area contributed by atoms with Gasteiger partial charge < -0.3 is 9.47 Å². The number of carbonyl (C=O) groups is 1. The lowest BCUT2D eigenvalue weighted by molar-refractivity contribution is -0.140. The number of alkyl halides is 3. The van der Waals surface area contributed by atoms with E-state index in [4.69, 9.17) is 4.74 Å². The average molecular weight is 292 g/mol. The standard InChI is InChI=1S/C13H12F4O3/c1-2-19-12(18)4-3-7-20-9-5-6-11(14)10(8-9)13(15,16)17/h3-6,8H,2,7H2,1H3/b4-3+. The molecule has 0 fully saturated rings. The molecule has 20 heavy (non-hydrogen) atoms. The van der Waals surface area contributed by atoms with Gasteiger partial charge in [0, 0.05) is 6.08 Å². The van der Waals surface area contributed by atoms with Crippen molar-refractivity contribution in [3.05, 3.63) is 41.7 Å². The first kappa shape index (κ1) is 16.0. The van der Waals surface area contributed by atoms with Crippen LogP contribution in [0.1, 0.15) is 12.5 Å². The fourth-order valence-electron chi connectivity index (χ4n) is 1.29. The quantitative estimate of drug-likeness (QED) is 0.474. The fourth-order valence-corrected chi connectivity index (χ4v) is 1.29. The van der Waals surface area contributed by atoms with Crippen molar-refractivity contribution in [2.75, 3.05) is 13.2 Å². The van der Waals surface area contributed by atoms with Gasteiger partial charge in [-0.2, -0.15) is 13.2 Å². The minimum absolute atomic E-state index is 0.137. The molecule has 1 aromatic rings. The van der Waals surface area contributed by atoms with Crippen LogP contribution in [0.15, 0.2) is 30.4 Å². The fraction of sp³-hybridized carbons (Fsp3) is 0.308. The van der Waals surface area contributed by atoms with Crippen molar-refractivity contribution in [3.8, 4) is 5.75 Å². The SMILES string of the molecule is CCOC(=O)/C=C/COc1ccc(F)c(C(F)(F)F)c1. The maximum Gasteiger partial charge on any atom is 0.419 e. The molecule has 0 aliphatic rings. The molecule has 0 saturated heterocycles. The van der Waals surface area contributed by atoms with E-state index in [0.29, 0.717) is 12.1 Å². The van der Waals surface area contributed by atoms with Gasteiger partial charge in [0.15, 0.2) is 0 Å². The van der Waals surface area contributed by atoms with Crippen molar-refractivity contribution in [1.29, 1.82) is 0 Å². The molecule has 0 heterocycles. The zero-order chi connectivity index (χ0) is 15.2. The van der Waals surface area contributed by atoms with Gasteiger partial charge >= 0.3 is 12.1 Å². The number of carbonyl (C=O) groups excluding carboxylic acids is 1. The van der Waals surface area contributed by atoms with Gasteiger partial charge in [-0.05, 0) is 31.2 Å². The maximum atomic E-state index is 13.0. The van der Waals surface area contributed by atoms with Gasteiger partial charge in [0.1, 0.15) is 18.2 Å². The summed E-state index contributed by atoms with van der Waals surface area (Å²) in [5, 5.41) is 0. The van der Waals surface area contributed by atoms with E-state index in [0.717, 1.165) is 12.1 Å². The maximum absolute atomic E-state index is 13.0. The lowest BCUT2D eigenvalue weighted by Gasteiger charge is -2.10. The van der Waals surface area contributed by atoms with Crippen LogP contribution in [0.5, 0.6) is 5.75 Å². The number of hydrogen-bond donors (Lipinski definition) is 0. The molecule has 0 aromatic heterocycles. The first-order chi connectivity index (χ1) is 9.34. The molecule has 0 atom stereocenters. The number of esters is 1. The number of benzene rings is 1. The van der Waals surface area contributed by atoms with Crippen LogP contribution in [0.25, 0.3) is 0 Å². The highest BCUT2D eigenvalue weighted by atomic mass is 19.4. The molecule has 0 unspecified atom stereocenters. The first-order valence-electron chi connectivity index (χ1n) is 5.67. The smallest absolute Gasteiger partial charge is 0.419 e. The molecule has 0 aliphatic carbocycles. The molecule has 0 spiro atoms. The van der Waals surface area contributed by atoms with Crippen LogP contribution in [-0.4, -0.2) is 19.2 Å². The number of ether oxygens (including phenoxy) is 2. The highest BCUT2D eigenvalue weighted by Gasteiger charge is 2.34. The monoisotopic (exact) mass is 292 g/mol. The minimum atomic E-state index is -4.79. The Morgan fingerprint density at radius 1 is 1.35 bits per heavy atom. The summed E-state index contributed by atoms with van der Waals surface area (Å²) in [7, 11) is 0. The Morgan fingerprint density at radius 2 is 2.05 bits per heavy atom. The van der Waals surface area contributed by atoms with E-state index in [-0.39, 0.29) is 19.0 Å². The van der Waals surface area contributed by atoms with Crippen molar-refractivity contribution < 1.29 is 31.8 Å². The van der Waals surface area contributed by atoms with Crippen molar-refractivity contribution in [1.82, 2.24) is 0 Å². The molecule has 0 radical (unpaired) electrons. The second-order valence-corrected chi connectivity index (χ2v) is 3.60. The average Bonchev–Trinajstić information content (AvgIpc) is 2.35. The Labute approximate surface area is 112 Å². The summed E-state index contributed by atoms with van der Waals surface area (Å²) in [5.74, 6) is -2.09. The summed E-state index contributed by atoms with van der Waals surface area (Å²) < 4.78 is 59.9. The molecule has 0 aliphatic heterocycles. The van der Waals surface area contributed by atoms with Crippen LogP contribution in [0.2, 0.25) is 0 Å². The molecule has 1 aromatic carbocycles. The van der Waals surface area contributed by atoms with E-state index in [2.05, 4.69) is 4.74 Å². The van der Waals surface area contributed by atoms with E-state index in [1.807, 2.05) is 0 Å². The van der Waals surface area contributed by atoms with Crippen LogP contribution in [0.4, 0.5) is 17.6 Å². The summed E-state index contributed by atoms with van der Waals surface area (Å²) in [6, 6.07) is 2.31. The lowest BCUT2D eigenvalue weighted by Crippen LogP contribution is -2.08. The third kappa shape index (κ3) is 4.91. The van der Waals surface area contributed by atoms with Gasteiger partial charge in [-0.3, -0.25) is 0 Å². The zero-order valence-corrected chi connectivity index (χ0v) is 10.5. The molecule has 110 valence electrons. The predicted molar refractivity (Wildman–Crippen MR) is 62.7 cm³/mol. The van der Waals surface area contributed by atoms with Crippen LogP contribution < -0.4 is 4.74 Å². The molecular formula is C13H12F4O3. The van der Waals surface area contributed by atoms with E-state index in [1.54, 1.807) is 6.92 Å². The molecule has 0 N–H and O–H groups in total. The summed E-state index contributed by atoms with van der Waals surface area (Å²) in [5.41, 5.74) is -1.40. The van der Waals surface area contributed by atoms with Gasteiger partial charge in [-0.1, -0.05) is 0 Å². The largest absolute Gasteiger partial charge is 0.490 e. The van der Waals surface area contributed by atoms with Crippen LogP contribution >= 0.6 is 0 Å². The number of halogens is 4. The Hall–Kier alpha value is -2.05. The summed E-state index contributed by atoms with van der Waals surface area (Å²) in [6.45, 7) is 1.72. The van der Waals surface area contributed by atoms with E-state index < -0.39 is 23.5 Å². The summed E-state index contributed by atoms with van der Waals surface area (Å²) in [4.78, 5) is 10.9. The van der Waals surface area contributed by atoms with E-state index in [9.17, 15) is 22.4 Å². The van der Waals surface area contributed by atoms with E-state index >= 15 is 0 Å². The Morgan fingerprint density at radius 3 is 2.65 bits per heavy atom. The zero-order valence-electron chi connectivity index (χ0n) is 10.5. The Bertz CT molecular complexity index is 495. The lowest BCUT2D eigenvalue weighted by atomic mass is 10.2. The summed E-state index contributed by atoms with van der Waals surface area (Å²) in [6.07, 6.45) is -2.41. The van der Waals surface area contributed by atoms with Gasteiger partial charge in [0.25, 0.3) is 0 Å². The topological polar surface area (TPSA) is 35.5 Å². The van der Waals surface area contributed by atoms with Gasteiger partial charge in [-0.15, -0.1) is 0 Å². The molecule has 0 saturated carbocycles. The molecule has 0 bridgehead atoms. The van der Waals surface area contributed by atoms with E-state index in [1.165, 1.54) is 6.08 Å². The van der Waals surface area contributed by atoms with Crippen molar-refractivity contribution in [3.63, 3.8) is 0 Å². The minimum Gasteiger partial charge on any atom is -0.490 e. The highest BCUT2D eigenvalue weighted by Crippen LogP contribution is 2.33.